The smallest absolute Gasteiger partial charge is 0.251 e. The van der Waals surface area contributed by atoms with E-state index in [1.807, 2.05) is 31.3 Å². The van der Waals surface area contributed by atoms with Crippen molar-refractivity contribution in [2.75, 3.05) is 26.7 Å². The maximum atomic E-state index is 11.8. The standard InChI is InChI=1S/C21H23N3O2/c1-24(17-18-10-4-2-5-11-18)15-9-8-14-22-20(25)16-23-21(26)19-12-6-3-7-13-19/h2-7,10-13H,14-17H2,1H3,(H,22,25)(H,23,26). The Labute approximate surface area is 154 Å². The largest absolute Gasteiger partial charge is 0.344 e. The number of carbonyl (C=O) groups is 2. The van der Waals surface area contributed by atoms with Crippen molar-refractivity contribution in [2.45, 2.75) is 6.54 Å². The van der Waals surface area contributed by atoms with Crippen LogP contribution in [0, 0.1) is 11.8 Å². The summed E-state index contributed by atoms with van der Waals surface area (Å²) in [5, 5.41) is 5.24. The molecule has 2 N–H and O–H groups in total. The van der Waals surface area contributed by atoms with Crippen LogP contribution in [0.25, 0.3) is 0 Å². The fraction of sp³-hybridized carbons (Fsp3) is 0.238. The predicted molar refractivity (Wildman–Crippen MR) is 102 cm³/mol. The fourth-order valence-corrected chi connectivity index (χ4v) is 2.26. The lowest BCUT2D eigenvalue weighted by Gasteiger charge is -2.12. The highest BCUT2D eigenvalue weighted by Gasteiger charge is 2.06. The molecule has 5 heteroatoms. The van der Waals surface area contributed by atoms with Crippen molar-refractivity contribution in [2.24, 2.45) is 0 Å². The van der Waals surface area contributed by atoms with Crippen molar-refractivity contribution >= 4 is 11.8 Å². The van der Waals surface area contributed by atoms with Gasteiger partial charge in [-0.1, -0.05) is 60.4 Å². The minimum atomic E-state index is -0.269. The molecule has 2 amide bonds. The molecule has 0 bridgehead atoms. The normalized spacial score (nSPS) is 9.92. The highest BCUT2D eigenvalue weighted by Crippen LogP contribution is 2.01. The van der Waals surface area contributed by atoms with Gasteiger partial charge in [0.05, 0.1) is 19.6 Å². The number of hydrogen-bond acceptors (Lipinski definition) is 3. The summed E-state index contributed by atoms with van der Waals surface area (Å²) in [7, 11) is 2.00. The summed E-state index contributed by atoms with van der Waals surface area (Å²) < 4.78 is 0. The van der Waals surface area contributed by atoms with Crippen molar-refractivity contribution in [1.82, 2.24) is 15.5 Å². The third-order valence-electron chi connectivity index (χ3n) is 3.59. The highest BCUT2D eigenvalue weighted by molar-refractivity contribution is 5.96. The minimum Gasteiger partial charge on any atom is -0.344 e. The molecule has 0 aromatic heterocycles. The number of carbonyl (C=O) groups excluding carboxylic acids is 2. The summed E-state index contributed by atoms with van der Waals surface area (Å²) in [6, 6.07) is 19.0. The number of amides is 2. The first-order chi connectivity index (χ1) is 12.6. The van der Waals surface area contributed by atoms with Crippen molar-refractivity contribution in [3.05, 3.63) is 71.8 Å². The summed E-state index contributed by atoms with van der Waals surface area (Å²) in [4.78, 5) is 25.6. The molecule has 0 aliphatic rings. The summed E-state index contributed by atoms with van der Waals surface area (Å²) in [6.07, 6.45) is 0. The van der Waals surface area contributed by atoms with Gasteiger partial charge in [-0.05, 0) is 24.7 Å². The van der Waals surface area contributed by atoms with Crippen LogP contribution in [0.1, 0.15) is 15.9 Å². The third-order valence-corrected chi connectivity index (χ3v) is 3.59. The van der Waals surface area contributed by atoms with Gasteiger partial charge in [-0.2, -0.15) is 0 Å². The first-order valence-electron chi connectivity index (χ1n) is 8.43. The van der Waals surface area contributed by atoms with E-state index >= 15 is 0 Å². The van der Waals surface area contributed by atoms with Gasteiger partial charge < -0.3 is 10.6 Å². The van der Waals surface area contributed by atoms with Gasteiger partial charge in [0.2, 0.25) is 5.91 Å². The topological polar surface area (TPSA) is 61.4 Å². The number of benzene rings is 2. The fourth-order valence-electron chi connectivity index (χ4n) is 2.26. The lowest BCUT2D eigenvalue weighted by Crippen LogP contribution is -2.37. The summed E-state index contributed by atoms with van der Waals surface area (Å²) >= 11 is 0. The molecule has 134 valence electrons. The van der Waals surface area contributed by atoms with Crippen molar-refractivity contribution < 1.29 is 9.59 Å². The van der Waals surface area contributed by atoms with Crippen molar-refractivity contribution in [3.63, 3.8) is 0 Å². The van der Waals surface area contributed by atoms with Gasteiger partial charge >= 0.3 is 0 Å². The predicted octanol–water partition coefficient (Wildman–Crippen LogP) is 1.67. The van der Waals surface area contributed by atoms with E-state index in [1.54, 1.807) is 24.3 Å². The molecule has 5 nitrogen and oxygen atoms in total. The van der Waals surface area contributed by atoms with Crippen LogP contribution in [0.5, 0.6) is 0 Å². The molecule has 0 aliphatic carbocycles. The Kier molecular flexibility index (Phi) is 7.91. The summed E-state index contributed by atoms with van der Waals surface area (Å²) in [6.45, 7) is 1.64. The Hall–Kier alpha value is -3.10. The molecule has 2 aromatic rings. The summed E-state index contributed by atoms with van der Waals surface area (Å²) in [5.74, 6) is 5.41. The number of hydrogen-bond donors (Lipinski definition) is 2. The van der Waals surface area contributed by atoms with Crippen LogP contribution in [0.2, 0.25) is 0 Å². The van der Waals surface area contributed by atoms with E-state index in [0.717, 1.165) is 6.54 Å². The van der Waals surface area contributed by atoms with Crippen molar-refractivity contribution in [1.29, 1.82) is 0 Å². The van der Waals surface area contributed by atoms with Gasteiger partial charge in [0.1, 0.15) is 0 Å². The van der Waals surface area contributed by atoms with Crippen LogP contribution in [-0.4, -0.2) is 43.4 Å². The van der Waals surface area contributed by atoms with Crippen LogP contribution < -0.4 is 10.6 Å². The Bertz CT molecular complexity index is 764. The monoisotopic (exact) mass is 349 g/mol. The average molecular weight is 349 g/mol. The van der Waals surface area contributed by atoms with Gasteiger partial charge in [0.25, 0.3) is 5.91 Å². The van der Waals surface area contributed by atoms with E-state index in [0.29, 0.717) is 12.1 Å². The number of nitrogens with one attached hydrogen (secondary N) is 2. The van der Waals surface area contributed by atoms with Gasteiger partial charge in [-0.3, -0.25) is 14.5 Å². The maximum Gasteiger partial charge on any atom is 0.251 e. The second kappa shape index (κ2) is 10.7. The molecule has 26 heavy (non-hydrogen) atoms. The van der Waals surface area contributed by atoms with Gasteiger partial charge in [-0.25, -0.2) is 0 Å². The lowest BCUT2D eigenvalue weighted by atomic mass is 10.2. The van der Waals surface area contributed by atoms with Crippen LogP contribution in [-0.2, 0) is 11.3 Å². The maximum absolute atomic E-state index is 11.8. The molecule has 0 unspecified atom stereocenters. The quantitative estimate of drug-likeness (QED) is 0.748. The molecule has 2 aromatic carbocycles. The molecule has 0 atom stereocenters. The second-order valence-electron chi connectivity index (χ2n) is 5.84. The molecule has 0 aliphatic heterocycles. The molecule has 0 heterocycles. The van der Waals surface area contributed by atoms with Gasteiger partial charge in [-0.15, -0.1) is 0 Å². The van der Waals surface area contributed by atoms with Crippen LogP contribution >= 0.6 is 0 Å². The first-order valence-corrected chi connectivity index (χ1v) is 8.43. The SMILES string of the molecule is CN(CC#CCNC(=O)CNC(=O)c1ccccc1)Cc1ccccc1. The van der Waals surface area contributed by atoms with E-state index < -0.39 is 0 Å². The molecule has 0 fully saturated rings. The van der Waals surface area contributed by atoms with E-state index in [-0.39, 0.29) is 24.9 Å². The van der Waals surface area contributed by atoms with E-state index in [9.17, 15) is 9.59 Å². The zero-order valence-corrected chi connectivity index (χ0v) is 14.9. The van der Waals surface area contributed by atoms with Crippen LogP contribution in [0.15, 0.2) is 60.7 Å². The number of rotatable bonds is 7. The lowest BCUT2D eigenvalue weighted by molar-refractivity contribution is -0.119. The summed E-state index contributed by atoms with van der Waals surface area (Å²) in [5.41, 5.74) is 1.76. The molecule has 0 radical (unpaired) electrons. The number of nitrogens with zero attached hydrogens (tertiary/aromatic N) is 1. The molecule has 0 spiro atoms. The first kappa shape index (κ1) is 19.2. The Morgan fingerprint density at radius 2 is 1.58 bits per heavy atom. The molecule has 0 saturated heterocycles. The van der Waals surface area contributed by atoms with E-state index in [1.165, 1.54) is 5.56 Å². The minimum absolute atomic E-state index is 0.0662. The Morgan fingerprint density at radius 1 is 0.923 bits per heavy atom. The van der Waals surface area contributed by atoms with Crippen LogP contribution in [0.4, 0.5) is 0 Å². The van der Waals surface area contributed by atoms with Crippen LogP contribution in [0.3, 0.4) is 0 Å². The molecular formula is C21H23N3O2. The van der Waals surface area contributed by atoms with E-state index in [2.05, 4.69) is 39.5 Å². The Morgan fingerprint density at radius 3 is 2.27 bits per heavy atom. The van der Waals surface area contributed by atoms with Gasteiger partial charge in [0.15, 0.2) is 0 Å². The van der Waals surface area contributed by atoms with Gasteiger partial charge in [0, 0.05) is 12.1 Å². The molecule has 0 saturated carbocycles. The van der Waals surface area contributed by atoms with E-state index in [4.69, 9.17) is 0 Å². The third kappa shape index (κ3) is 7.20. The Balaban J connectivity index is 1.61. The zero-order chi connectivity index (χ0) is 18.6. The second-order valence-corrected chi connectivity index (χ2v) is 5.84. The molecule has 2 rings (SSSR count). The average Bonchev–Trinajstić information content (AvgIpc) is 2.67. The zero-order valence-electron chi connectivity index (χ0n) is 14.9. The highest BCUT2D eigenvalue weighted by atomic mass is 16.2. The van der Waals surface area contributed by atoms with Crippen molar-refractivity contribution in [3.8, 4) is 11.8 Å². The molecular weight excluding hydrogens is 326 g/mol.